The zero-order valence-electron chi connectivity index (χ0n) is 12.6. The number of hydrogen-bond donors (Lipinski definition) is 1. The predicted molar refractivity (Wildman–Crippen MR) is 101 cm³/mol. The van der Waals surface area contributed by atoms with Crippen LogP contribution in [-0.2, 0) is 10.5 Å². The smallest absolute Gasteiger partial charge is 0.269 e. The molecular weight excluding hydrogens is 391 g/mol. The Morgan fingerprint density at radius 2 is 1.92 bits per heavy atom. The molecule has 0 unspecified atom stereocenters. The van der Waals surface area contributed by atoms with E-state index in [-0.39, 0.29) is 9.40 Å². The highest BCUT2D eigenvalue weighted by molar-refractivity contribution is 8.03. The minimum atomic E-state index is -0.503. The maximum atomic E-state index is 12.1. The molecule has 2 aromatic rings. The zero-order valence-corrected chi connectivity index (χ0v) is 15.6. The van der Waals surface area contributed by atoms with Crippen molar-refractivity contribution in [3.63, 3.8) is 0 Å². The van der Waals surface area contributed by atoms with Crippen LogP contribution >= 0.6 is 46.6 Å². The molecule has 126 valence electrons. The third-order valence-electron chi connectivity index (χ3n) is 2.85. The summed E-state index contributed by atoms with van der Waals surface area (Å²) in [7, 11) is 1.51. The molecule has 4 nitrogen and oxygen atoms in total. The van der Waals surface area contributed by atoms with Crippen LogP contribution in [0.4, 0.5) is 5.69 Å². The van der Waals surface area contributed by atoms with Gasteiger partial charge in [0.1, 0.15) is 5.03 Å². The Bertz CT molecular complexity index is 734. The van der Waals surface area contributed by atoms with Crippen LogP contribution in [0.25, 0.3) is 0 Å². The number of pyridine rings is 1. The zero-order chi connectivity index (χ0) is 17.5. The van der Waals surface area contributed by atoms with E-state index in [2.05, 4.69) is 10.3 Å². The van der Waals surface area contributed by atoms with Gasteiger partial charge in [0.15, 0.2) is 0 Å². The Kier molecular flexibility index (Phi) is 7.24. The summed E-state index contributed by atoms with van der Waals surface area (Å²) in [4.78, 5) is 16.1. The van der Waals surface area contributed by atoms with Crippen LogP contribution in [0.1, 0.15) is 5.56 Å². The predicted octanol–water partition coefficient (Wildman–Crippen LogP) is 5.26. The highest BCUT2D eigenvalue weighted by Crippen LogP contribution is 2.30. The quantitative estimate of drug-likeness (QED) is 0.668. The summed E-state index contributed by atoms with van der Waals surface area (Å²) in [5.41, 5.74) is 1.51. The van der Waals surface area contributed by atoms with E-state index in [1.54, 1.807) is 24.3 Å². The fraction of sp³-hybridized carbons (Fsp3) is 0.125. The summed E-state index contributed by atoms with van der Waals surface area (Å²) >= 11 is 19.2. The lowest BCUT2D eigenvalue weighted by Gasteiger charge is -2.07. The fourth-order valence-corrected chi connectivity index (χ4v) is 2.93. The normalized spacial score (nSPS) is 11.7. The summed E-state index contributed by atoms with van der Waals surface area (Å²) in [6.07, 6.45) is 1.47. The number of nitrogens with zero attached hydrogens (tertiary/aromatic N) is 1. The third-order valence-corrected chi connectivity index (χ3v) is 5.13. The Hall–Kier alpha value is -1.40. The van der Waals surface area contributed by atoms with Gasteiger partial charge in [0.2, 0.25) is 5.88 Å². The number of hydrogen-bond acceptors (Lipinski definition) is 4. The number of rotatable bonds is 6. The van der Waals surface area contributed by atoms with E-state index in [0.717, 1.165) is 5.56 Å². The molecule has 0 aliphatic heterocycles. The first kappa shape index (κ1) is 18.9. The summed E-state index contributed by atoms with van der Waals surface area (Å²) in [5, 5.41) is 3.20. The van der Waals surface area contributed by atoms with E-state index in [0.29, 0.717) is 22.3 Å². The molecule has 1 heterocycles. The van der Waals surface area contributed by atoms with Crippen LogP contribution in [0.3, 0.4) is 0 Å². The number of halogens is 3. The molecule has 0 saturated carbocycles. The average molecular weight is 404 g/mol. The van der Waals surface area contributed by atoms with Crippen LogP contribution < -0.4 is 10.1 Å². The van der Waals surface area contributed by atoms with E-state index < -0.39 is 5.91 Å². The minimum Gasteiger partial charge on any atom is -0.481 e. The molecule has 1 aromatic heterocycles. The average Bonchev–Trinajstić information content (AvgIpc) is 2.61. The summed E-state index contributed by atoms with van der Waals surface area (Å²) in [6, 6.07) is 10.6. The fourth-order valence-electron chi connectivity index (χ4n) is 1.64. The second-order valence-corrected chi connectivity index (χ2v) is 6.95. The minimum absolute atomic E-state index is 0.0774. The van der Waals surface area contributed by atoms with Crippen molar-refractivity contribution in [2.45, 2.75) is 5.75 Å². The van der Waals surface area contributed by atoms with E-state index >= 15 is 0 Å². The molecule has 1 aromatic carbocycles. The van der Waals surface area contributed by atoms with Crippen molar-refractivity contribution in [3.05, 3.63) is 62.6 Å². The SMILES string of the molecule is COc1ccc(NC(=O)/C(Cl)=C(/Cl)SCc2ccc(Cl)cc2)cn1. The number of aromatic nitrogens is 1. The highest BCUT2D eigenvalue weighted by Gasteiger charge is 2.13. The van der Waals surface area contributed by atoms with E-state index in [9.17, 15) is 4.79 Å². The van der Waals surface area contributed by atoms with Crippen LogP contribution in [0.2, 0.25) is 5.02 Å². The molecule has 0 aliphatic carbocycles. The molecule has 0 radical (unpaired) electrons. The number of carbonyl (C=O) groups excluding carboxylic acids is 1. The molecule has 0 saturated heterocycles. The Morgan fingerprint density at radius 3 is 2.50 bits per heavy atom. The molecule has 2 rings (SSSR count). The van der Waals surface area contributed by atoms with Gasteiger partial charge in [0.25, 0.3) is 5.91 Å². The second-order valence-electron chi connectivity index (χ2n) is 4.55. The Balaban J connectivity index is 1.96. The van der Waals surface area contributed by atoms with Crippen LogP contribution in [0.5, 0.6) is 5.88 Å². The van der Waals surface area contributed by atoms with Gasteiger partial charge in [-0.25, -0.2) is 4.98 Å². The van der Waals surface area contributed by atoms with Gasteiger partial charge in [-0.1, -0.05) is 46.9 Å². The molecule has 8 heteroatoms. The van der Waals surface area contributed by atoms with Crippen molar-refractivity contribution < 1.29 is 9.53 Å². The number of methoxy groups -OCH3 is 1. The van der Waals surface area contributed by atoms with Crippen LogP contribution in [0, 0.1) is 0 Å². The van der Waals surface area contributed by atoms with E-state index in [1.807, 2.05) is 12.1 Å². The monoisotopic (exact) mass is 402 g/mol. The molecule has 0 spiro atoms. The van der Waals surface area contributed by atoms with E-state index in [4.69, 9.17) is 39.5 Å². The molecular formula is C16H13Cl3N2O2S. The molecule has 1 N–H and O–H groups in total. The summed E-state index contributed by atoms with van der Waals surface area (Å²) in [6.45, 7) is 0. The van der Waals surface area contributed by atoms with Gasteiger partial charge in [-0.15, -0.1) is 11.8 Å². The molecule has 0 aliphatic rings. The van der Waals surface area contributed by atoms with Crippen molar-refractivity contribution in [2.24, 2.45) is 0 Å². The first-order valence-corrected chi connectivity index (χ1v) is 8.85. The lowest BCUT2D eigenvalue weighted by Crippen LogP contribution is -2.12. The van der Waals surface area contributed by atoms with Gasteiger partial charge >= 0.3 is 0 Å². The first-order chi connectivity index (χ1) is 11.5. The molecule has 0 atom stereocenters. The number of nitrogens with one attached hydrogen (secondary N) is 1. The Morgan fingerprint density at radius 1 is 1.21 bits per heavy atom. The third kappa shape index (κ3) is 5.60. The van der Waals surface area contributed by atoms with Gasteiger partial charge in [0.05, 0.1) is 23.4 Å². The number of anilines is 1. The molecule has 0 fully saturated rings. The van der Waals surface area contributed by atoms with Crippen molar-refractivity contribution in [3.8, 4) is 5.88 Å². The van der Waals surface area contributed by atoms with Gasteiger partial charge in [0, 0.05) is 16.8 Å². The van der Waals surface area contributed by atoms with Gasteiger partial charge < -0.3 is 10.1 Å². The standard InChI is InChI=1S/C16H13Cl3N2O2S/c1-23-13-7-6-12(8-20-13)21-16(22)14(18)15(19)24-9-10-2-4-11(17)5-3-10/h2-8H,9H2,1H3,(H,21,22)/b15-14+. The van der Waals surface area contributed by atoms with Gasteiger partial charge in [-0.05, 0) is 23.8 Å². The molecule has 24 heavy (non-hydrogen) atoms. The number of carbonyl (C=O) groups is 1. The van der Waals surface area contributed by atoms with Crippen molar-refractivity contribution in [1.82, 2.24) is 4.98 Å². The maximum Gasteiger partial charge on any atom is 0.269 e. The first-order valence-electron chi connectivity index (χ1n) is 6.73. The van der Waals surface area contributed by atoms with Crippen molar-refractivity contribution in [1.29, 1.82) is 0 Å². The molecule has 0 bridgehead atoms. The summed E-state index contributed by atoms with van der Waals surface area (Å²) in [5.74, 6) is 0.521. The number of ether oxygens (including phenoxy) is 1. The highest BCUT2D eigenvalue weighted by atomic mass is 35.5. The Labute approximate surface area is 159 Å². The topological polar surface area (TPSA) is 51.2 Å². The van der Waals surface area contributed by atoms with Gasteiger partial charge in [-0.2, -0.15) is 0 Å². The van der Waals surface area contributed by atoms with E-state index in [1.165, 1.54) is 25.1 Å². The number of thioether (sulfide) groups is 1. The van der Waals surface area contributed by atoms with Gasteiger partial charge in [-0.3, -0.25) is 4.79 Å². The van der Waals surface area contributed by atoms with Crippen LogP contribution in [-0.4, -0.2) is 18.0 Å². The van der Waals surface area contributed by atoms with Crippen molar-refractivity contribution >= 4 is 58.2 Å². The van der Waals surface area contributed by atoms with Crippen LogP contribution in [0.15, 0.2) is 52.0 Å². The number of amides is 1. The number of benzene rings is 1. The lowest BCUT2D eigenvalue weighted by atomic mass is 10.2. The molecule has 1 amide bonds. The maximum absolute atomic E-state index is 12.1. The largest absolute Gasteiger partial charge is 0.481 e. The summed E-state index contributed by atoms with van der Waals surface area (Å²) < 4.78 is 5.16. The lowest BCUT2D eigenvalue weighted by molar-refractivity contribution is -0.112. The van der Waals surface area contributed by atoms with Crippen molar-refractivity contribution in [2.75, 3.05) is 12.4 Å². The second kappa shape index (κ2) is 9.18.